The Bertz CT molecular complexity index is 958. The molecule has 0 atom stereocenters. The molecule has 0 unspecified atom stereocenters. The second-order valence-corrected chi connectivity index (χ2v) is 5.61. The number of amides is 1. The standard InChI is InChI=1S/C18H16N4O3/c19-18-21-13-4-2-1-3-12(13)16(22-18)17(23)20-10-11-5-6-14-15(9-11)25-8-7-24-14/h1-6,9H,7-8,10H2,(H,20,23)(H2,19,21,22). The van der Waals surface area contributed by atoms with Crippen molar-refractivity contribution < 1.29 is 14.3 Å². The minimum atomic E-state index is -0.305. The summed E-state index contributed by atoms with van der Waals surface area (Å²) in [4.78, 5) is 20.8. The predicted octanol–water partition coefficient (Wildman–Crippen LogP) is 1.91. The second-order valence-electron chi connectivity index (χ2n) is 5.61. The van der Waals surface area contributed by atoms with Crippen LogP contribution >= 0.6 is 0 Å². The first kappa shape index (κ1) is 15.2. The highest BCUT2D eigenvalue weighted by molar-refractivity contribution is 6.04. The van der Waals surface area contributed by atoms with Gasteiger partial charge in [0.05, 0.1) is 5.52 Å². The minimum Gasteiger partial charge on any atom is -0.486 e. The lowest BCUT2D eigenvalue weighted by Crippen LogP contribution is -2.25. The van der Waals surface area contributed by atoms with E-state index < -0.39 is 0 Å². The number of aromatic nitrogens is 2. The van der Waals surface area contributed by atoms with Crippen molar-refractivity contribution in [1.82, 2.24) is 15.3 Å². The number of rotatable bonds is 3. The molecular weight excluding hydrogens is 320 g/mol. The van der Waals surface area contributed by atoms with Crippen LogP contribution < -0.4 is 20.5 Å². The van der Waals surface area contributed by atoms with Gasteiger partial charge in [0.25, 0.3) is 5.91 Å². The molecule has 0 bridgehead atoms. The van der Waals surface area contributed by atoms with Crippen molar-refractivity contribution in [2.45, 2.75) is 6.54 Å². The van der Waals surface area contributed by atoms with Gasteiger partial charge in [-0.3, -0.25) is 4.79 Å². The quantitative estimate of drug-likeness (QED) is 0.758. The summed E-state index contributed by atoms with van der Waals surface area (Å²) in [6, 6.07) is 12.9. The van der Waals surface area contributed by atoms with E-state index in [0.717, 1.165) is 11.3 Å². The number of fused-ring (bicyclic) bond motifs is 2. The molecule has 2 aromatic carbocycles. The van der Waals surface area contributed by atoms with Crippen LogP contribution in [-0.4, -0.2) is 29.1 Å². The minimum absolute atomic E-state index is 0.0724. The van der Waals surface area contributed by atoms with E-state index in [1.807, 2.05) is 30.3 Å². The van der Waals surface area contributed by atoms with E-state index >= 15 is 0 Å². The molecule has 1 aliphatic heterocycles. The summed E-state index contributed by atoms with van der Waals surface area (Å²) < 4.78 is 11.0. The molecule has 7 heteroatoms. The number of nitrogen functional groups attached to an aromatic ring is 1. The van der Waals surface area contributed by atoms with Crippen LogP contribution in [0.1, 0.15) is 16.1 Å². The monoisotopic (exact) mass is 336 g/mol. The van der Waals surface area contributed by atoms with E-state index in [-0.39, 0.29) is 17.5 Å². The Balaban J connectivity index is 1.55. The molecule has 1 aromatic heterocycles. The van der Waals surface area contributed by atoms with Crippen LogP contribution in [-0.2, 0) is 6.54 Å². The molecular formula is C18H16N4O3. The molecule has 0 fully saturated rings. The summed E-state index contributed by atoms with van der Waals surface area (Å²) in [6.45, 7) is 1.41. The van der Waals surface area contributed by atoms with Gasteiger partial charge in [0.1, 0.15) is 18.9 Å². The highest BCUT2D eigenvalue weighted by atomic mass is 16.6. The Hall–Kier alpha value is -3.35. The molecule has 7 nitrogen and oxygen atoms in total. The van der Waals surface area contributed by atoms with E-state index in [1.54, 1.807) is 12.1 Å². The van der Waals surface area contributed by atoms with Gasteiger partial charge < -0.3 is 20.5 Å². The topological polar surface area (TPSA) is 99.4 Å². The zero-order chi connectivity index (χ0) is 17.2. The molecule has 0 saturated heterocycles. The summed E-state index contributed by atoms with van der Waals surface area (Å²) in [5.41, 5.74) is 7.52. The number of para-hydroxylation sites is 1. The smallest absolute Gasteiger partial charge is 0.271 e. The largest absolute Gasteiger partial charge is 0.486 e. The number of hydrogen-bond acceptors (Lipinski definition) is 6. The van der Waals surface area contributed by atoms with Gasteiger partial charge in [-0.25, -0.2) is 9.97 Å². The average Bonchev–Trinajstić information content (AvgIpc) is 2.65. The van der Waals surface area contributed by atoms with E-state index in [4.69, 9.17) is 15.2 Å². The Morgan fingerprint density at radius 1 is 1.08 bits per heavy atom. The molecule has 0 saturated carbocycles. The fourth-order valence-electron chi connectivity index (χ4n) is 2.73. The SMILES string of the molecule is Nc1nc(C(=O)NCc2ccc3c(c2)OCCO3)c2ccccc2n1. The predicted molar refractivity (Wildman–Crippen MR) is 92.6 cm³/mol. The van der Waals surface area contributed by atoms with Crippen molar-refractivity contribution in [3.05, 3.63) is 53.7 Å². The van der Waals surface area contributed by atoms with E-state index in [1.165, 1.54) is 0 Å². The maximum Gasteiger partial charge on any atom is 0.271 e. The van der Waals surface area contributed by atoms with Crippen molar-refractivity contribution in [3.63, 3.8) is 0 Å². The van der Waals surface area contributed by atoms with Gasteiger partial charge in [-0.05, 0) is 23.8 Å². The molecule has 1 aliphatic rings. The summed E-state index contributed by atoms with van der Waals surface area (Å²) in [5.74, 6) is 1.17. The van der Waals surface area contributed by atoms with Gasteiger partial charge in [0.15, 0.2) is 11.5 Å². The highest BCUT2D eigenvalue weighted by Gasteiger charge is 2.15. The first-order chi connectivity index (χ1) is 12.2. The summed E-state index contributed by atoms with van der Waals surface area (Å²) in [5, 5.41) is 3.52. The number of anilines is 1. The number of ether oxygens (including phenoxy) is 2. The molecule has 0 aliphatic carbocycles. The number of nitrogens with one attached hydrogen (secondary N) is 1. The Labute approximate surface area is 143 Å². The fraction of sp³-hybridized carbons (Fsp3) is 0.167. The molecule has 0 radical (unpaired) electrons. The number of carbonyl (C=O) groups is 1. The third-order valence-electron chi connectivity index (χ3n) is 3.90. The zero-order valence-electron chi connectivity index (χ0n) is 13.4. The number of benzene rings is 2. The van der Waals surface area contributed by atoms with Crippen LogP contribution in [0.25, 0.3) is 10.9 Å². The molecule has 2 heterocycles. The third-order valence-corrected chi connectivity index (χ3v) is 3.90. The van der Waals surface area contributed by atoms with E-state index in [2.05, 4.69) is 15.3 Å². The summed E-state index contributed by atoms with van der Waals surface area (Å²) in [7, 11) is 0. The molecule has 3 N–H and O–H groups in total. The Morgan fingerprint density at radius 3 is 2.76 bits per heavy atom. The van der Waals surface area contributed by atoms with Gasteiger partial charge in [-0.1, -0.05) is 24.3 Å². The number of nitrogens with zero attached hydrogens (tertiary/aromatic N) is 2. The highest BCUT2D eigenvalue weighted by Crippen LogP contribution is 2.30. The molecule has 1 amide bonds. The molecule has 0 spiro atoms. The van der Waals surface area contributed by atoms with Crippen molar-refractivity contribution in [2.75, 3.05) is 18.9 Å². The Morgan fingerprint density at radius 2 is 1.88 bits per heavy atom. The normalized spacial score (nSPS) is 12.8. The van der Waals surface area contributed by atoms with Crippen LogP contribution in [0.15, 0.2) is 42.5 Å². The summed E-state index contributed by atoms with van der Waals surface area (Å²) in [6.07, 6.45) is 0. The number of carbonyl (C=O) groups excluding carboxylic acids is 1. The second kappa shape index (κ2) is 6.27. The number of nitrogens with two attached hydrogens (primary N) is 1. The van der Waals surface area contributed by atoms with Crippen LogP contribution in [0.3, 0.4) is 0 Å². The van der Waals surface area contributed by atoms with Crippen molar-refractivity contribution in [2.24, 2.45) is 0 Å². The fourth-order valence-corrected chi connectivity index (χ4v) is 2.73. The maximum absolute atomic E-state index is 12.6. The van der Waals surface area contributed by atoms with Crippen molar-refractivity contribution in [1.29, 1.82) is 0 Å². The molecule has 3 aromatic rings. The first-order valence-electron chi connectivity index (χ1n) is 7.90. The lowest BCUT2D eigenvalue weighted by Gasteiger charge is -2.19. The first-order valence-corrected chi connectivity index (χ1v) is 7.90. The van der Waals surface area contributed by atoms with Gasteiger partial charge in [-0.15, -0.1) is 0 Å². The third kappa shape index (κ3) is 3.03. The van der Waals surface area contributed by atoms with Crippen LogP contribution in [0.5, 0.6) is 11.5 Å². The van der Waals surface area contributed by atoms with Gasteiger partial charge in [-0.2, -0.15) is 0 Å². The van der Waals surface area contributed by atoms with Gasteiger partial charge >= 0.3 is 0 Å². The van der Waals surface area contributed by atoms with Crippen LogP contribution in [0.4, 0.5) is 5.95 Å². The van der Waals surface area contributed by atoms with Gasteiger partial charge in [0.2, 0.25) is 5.95 Å². The van der Waals surface area contributed by atoms with Crippen molar-refractivity contribution in [3.8, 4) is 11.5 Å². The molecule has 126 valence electrons. The van der Waals surface area contributed by atoms with Gasteiger partial charge in [0, 0.05) is 11.9 Å². The zero-order valence-corrected chi connectivity index (χ0v) is 13.4. The lowest BCUT2D eigenvalue weighted by molar-refractivity contribution is 0.0947. The lowest BCUT2D eigenvalue weighted by atomic mass is 10.1. The van der Waals surface area contributed by atoms with Crippen molar-refractivity contribution >= 4 is 22.8 Å². The summed E-state index contributed by atoms with van der Waals surface area (Å²) >= 11 is 0. The molecule has 25 heavy (non-hydrogen) atoms. The van der Waals surface area contributed by atoms with E-state index in [9.17, 15) is 4.79 Å². The van der Waals surface area contributed by atoms with E-state index in [0.29, 0.717) is 36.4 Å². The number of hydrogen-bond donors (Lipinski definition) is 2. The Kier molecular flexibility index (Phi) is 3.81. The molecule has 4 rings (SSSR count). The van der Waals surface area contributed by atoms with Crippen LogP contribution in [0.2, 0.25) is 0 Å². The average molecular weight is 336 g/mol. The van der Waals surface area contributed by atoms with Crippen LogP contribution in [0, 0.1) is 0 Å². The maximum atomic E-state index is 12.6.